The van der Waals surface area contributed by atoms with Crippen molar-refractivity contribution in [2.75, 3.05) is 19.6 Å². The second-order valence-electron chi connectivity index (χ2n) is 5.30. The summed E-state index contributed by atoms with van der Waals surface area (Å²) in [6.45, 7) is 3.00. The molecular weight excluding hydrogens is 256 g/mol. The first-order valence-corrected chi connectivity index (χ1v) is 7.04. The van der Waals surface area contributed by atoms with E-state index >= 15 is 0 Å². The highest BCUT2D eigenvalue weighted by molar-refractivity contribution is 5.44. The van der Waals surface area contributed by atoms with Crippen molar-refractivity contribution in [1.82, 2.24) is 24.8 Å². The van der Waals surface area contributed by atoms with Crippen molar-refractivity contribution in [3.05, 3.63) is 18.1 Å². The van der Waals surface area contributed by atoms with Gasteiger partial charge in [0.15, 0.2) is 11.5 Å². The van der Waals surface area contributed by atoms with Crippen LogP contribution in [0, 0.1) is 0 Å². The summed E-state index contributed by atoms with van der Waals surface area (Å²) in [4.78, 5) is 6.72. The zero-order chi connectivity index (χ0) is 13.9. The van der Waals surface area contributed by atoms with Crippen LogP contribution in [0.4, 0.5) is 0 Å². The molecule has 1 atom stereocenters. The van der Waals surface area contributed by atoms with E-state index in [0.29, 0.717) is 17.4 Å². The fraction of sp³-hybridized carbons (Fsp3) is 0.615. The molecule has 108 valence electrons. The van der Waals surface area contributed by atoms with Gasteiger partial charge in [0.05, 0.1) is 6.04 Å². The van der Waals surface area contributed by atoms with Crippen LogP contribution < -0.4 is 5.73 Å². The van der Waals surface area contributed by atoms with Gasteiger partial charge in [-0.05, 0) is 32.0 Å². The molecule has 0 spiro atoms. The number of aromatic nitrogens is 4. The maximum absolute atomic E-state index is 6.17. The molecule has 3 heterocycles. The monoisotopic (exact) mass is 276 g/mol. The Kier molecular flexibility index (Phi) is 3.79. The normalized spacial score (nSPS) is 18.3. The van der Waals surface area contributed by atoms with Crippen LogP contribution in [0.5, 0.6) is 0 Å². The van der Waals surface area contributed by atoms with Gasteiger partial charge in [0.2, 0.25) is 0 Å². The molecule has 20 heavy (non-hydrogen) atoms. The van der Waals surface area contributed by atoms with Crippen LogP contribution >= 0.6 is 0 Å². The van der Waals surface area contributed by atoms with Crippen molar-refractivity contribution < 1.29 is 4.52 Å². The van der Waals surface area contributed by atoms with E-state index in [1.54, 1.807) is 4.68 Å². The fourth-order valence-corrected chi connectivity index (χ4v) is 2.52. The Morgan fingerprint density at radius 1 is 1.35 bits per heavy atom. The Morgan fingerprint density at radius 2 is 2.15 bits per heavy atom. The summed E-state index contributed by atoms with van der Waals surface area (Å²) in [6, 6.07) is 1.63. The lowest BCUT2D eigenvalue weighted by Gasteiger charge is -2.27. The maximum Gasteiger partial charge on any atom is 0.278 e. The lowest BCUT2D eigenvalue weighted by molar-refractivity contribution is 0.213. The Labute approximate surface area is 117 Å². The summed E-state index contributed by atoms with van der Waals surface area (Å²) in [5.41, 5.74) is 6.85. The molecule has 1 saturated heterocycles. The first kappa shape index (κ1) is 13.3. The van der Waals surface area contributed by atoms with Gasteiger partial charge in [-0.3, -0.25) is 4.68 Å². The zero-order valence-corrected chi connectivity index (χ0v) is 11.7. The minimum absolute atomic E-state index is 0.214. The lowest BCUT2D eigenvalue weighted by Crippen LogP contribution is -2.36. The van der Waals surface area contributed by atoms with E-state index in [4.69, 9.17) is 10.3 Å². The smallest absolute Gasteiger partial charge is 0.278 e. The number of piperidine rings is 1. The third kappa shape index (κ3) is 2.88. The van der Waals surface area contributed by atoms with Crippen molar-refractivity contribution >= 4 is 0 Å². The van der Waals surface area contributed by atoms with Gasteiger partial charge in [0.1, 0.15) is 0 Å². The average Bonchev–Trinajstić information content (AvgIpc) is 3.08. The number of nitrogens with two attached hydrogens (primary N) is 1. The van der Waals surface area contributed by atoms with Crippen LogP contribution in [0.15, 0.2) is 16.8 Å². The molecule has 7 nitrogen and oxygen atoms in total. The molecule has 1 fully saturated rings. The maximum atomic E-state index is 6.17. The van der Waals surface area contributed by atoms with Gasteiger partial charge in [-0.25, -0.2) is 0 Å². The molecular formula is C13H20N6O. The van der Waals surface area contributed by atoms with E-state index in [1.807, 2.05) is 19.3 Å². The first-order valence-electron chi connectivity index (χ1n) is 7.04. The number of likely N-dealkylation sites (tertiary alicyclic amines) is 1. The predicted octanol–water partition coefficient (Wildman–Crippen LogP) is 0.956. The van der Waals surface area contributed by atoms with Gasteiger partial charge in [-0.2, -0.15) is 10.1 Å². The average molecular weight is 276 g/mol. The molecule has 2 aromatic rings. The van der Waals surface area contributed by atoms with Crippen LogP contribution in [0.3, 0.4) is 0 Å². The highest BCUT2D eigenvalue weighted by atomic mass is 16.5. The van der Waals surface area contributed by atoms with Crippen LogP contribution in [-0.2, 0) is 7.05 Å². The lowest BCUT2D eigenvalue weighted by atomic mass is 10.1. The molecule has 3 rings (SSSR count). The number of hydrogen-bond donors (Lipinski definition) is 1. The summed E-state index contributed by atoms with van der Waals surface area (Å²) in [5, 5.41) is 8.22. The topological polar surface area (TPSA) is 86.0 Å². The third-order valence-electron chi connectivity index (χ3n) is 3.61. The van der Waals surface area contributed by atoms with E-state index in [2.05, 4.69) is 20.1 Å². The van der Waals surface area contributed by atoms with Crippen LogP contribution in [0.1, 0.15) is 31.1 Å². The summed E-state index contributed by atoms with van der Waals surface area (Å²) in [6.07, 6.45) is 5.65. The SMILES string of the molecule is Cn1ccc(-c2nc(C(N)CN3CCCCC3)no2)n1. The standard InChI is InChI=1S/C13H20N6O/c1-18-8-5-11(16-18)13-15-12(17-20-13)10(14)9-19-6-3-2-4-7-19/h5,8,10H,2-4,6-7,9,14H2,1H3. The predicted molar refractivity (Wildman–Crippen MR) is 73.7 cm³/mol. The molecule has 1 aliphatic rings. The highest BCUT2D eigenvalue weighted by Gasteiger charge is 2.20. The van der Waals surface area contributed by atoms with E-state index < -0.39 is 0 Å². The Bertz CT molecular complexity index is 557. The van der Waals surface area contributed by atoms with E-state index in [1.165, 1.54) is 19.3 Å². The second kappa shape index (κ2) is 5.72. The summed E-state index contributed by atoms with van der Waals surface area (Å²) >= 11 is 0. The Balaban J connectivity index is 1.66. The molecule has 2 N–H and O–H groups in total. The molecule has 2 aromatic heterocycles. The third-order valence-corrected chi connectivity index (χ3v) is 3.61. The number of aryl methyl sites for hydroxylation is 1. The van der Waals surface area contributed by atoms with Crippen LogP contribution in [-0.4, -0.2) is 44.5 Å². The highest BCUT2D eigenvalue weighted by Crippen LogP contribution is 2.18. The number of nitrogens with zero attached hydrogens (tertiary/aromatic N) is 5. The molecule has 0 amide bonds. The van der Waals surface area contributed by atoms with E-state index in [0.717, 1.165) is 19.6 Å². The van der Waals surface area contributed by atoms with Crippen molar-refractivity contribution in [3.63, 3.8) is 0 Å². The Hall–Kier alpha value is -1.73. The van der Waals surface area contributed by atoms with Gasteiger partial charge in [0.25, 0.3) is 5.89 Å². The van der Waals surface area contributed by atoms with Crippen molar-refractivity contribution in [2.45, 2.75) is 25.3 Å². The van der Waals surface area contributed by atoms with Gasteiger partial charge >= 0.3 is 0 Å². The molecule has 0 radical (unpaired) electrons. The van der Waals surface area contributed by atoms with Crippen molar-refractivity contribution in [1.29, 1.82) is 0 Å². The van der Waals surface area contributed by atoms with Crippen molar-refractivity contribution in [3.8, 4) is 11.6 Å². The molecule has 7 heteroatoms. The van der Waals surface area contributed by atoms with Crippen LogP contribution in [0.2, 0.25) is 0 Å². The zero-order valence-electron chi connectivity index (χ0n) is 11.7. The molecule has 1 aliphatic heterocycles. The molecule has 0 aromatic carbocycles. The Morgan fingerprint density at radius 3 is 2.85 bits per heavy atom. The molecule has 0 saturated carbocycles. The van der Waals surface area contributed by atoms with Gasteiger partial charge in [0, 0.05) is 19.8 Å². The second-order valence-corrected chi connectivity index (χ2v) is 5.30. The van der Waals surface area contributed by atoms with Gasteiger partial charge in [-0.15, -0.1) is 0 Å². The number of hydrogen-bond acceptors (Lipinski definition) is 6. The summed E-state index contributed by atoms with van der Waals surface area (Å²) < 4.78 is 6.94. The summed E-state index contributed by atoms with van der Waals surface area (Å²) in [5.74, 6) is 0.978. The first-order chi connectivity index (χ1) is 9.72. The van der Waals surface area contributed by atoms with Gasteiger partial charge < -0.3 is 15.2 Å². The largest absolute Gasteiger partial charge is 0.332 e. The fourth-order valence-electron chi connectivity index (χ4n) is 2.52. The van der Waals surface area contributed by atoms with Crippen molar-refractivity contribution in [2.24, 2.45) is 12.8 Å². The minimum atomic E-state index is -0.214. The minimum Gasteiger partial charge on any atom is -0.332 e. The molecule has 1 unspecified atom stereocenters. The van der Waals surface area contributed by atoms with E-state index in [9.17, 15) is 0 Å². The molecule has 0 aliphatic carbocycles. The summed E-state index contributed by atoms with van der Waals surface area (Å²) in [7, 11) is 1.85. The van der Waals surface area contributed by atoms with E-state index in [-0.39, 0.29) is 6.04 Å². The number of rotatable bonds is 4. The quantitative estimate of drug-likeness (QED) is 0.895. The van der Waals surface area contributed by atoms with Gasteiger partial charge in [-0.1, -0.05) is 11.6 Å². The molecule has 0 bridgehead atoms. The van der Waals surface area contributed by atoms with Crippen LogP contribution in [0.25, 0.3) is 11.6 Å².